The van der Waals surface area contributed by atoms with Gasteiger partial charge in [0, 0.05) is 13.1 Å². The number of halogens is 1. The fourth-order valence-corrected chi connectivity index (χ4v) is 2.55. The van der Waals surface area contributed by atoms with Gasteiger partial charge in [-0.15, -0.1) is 0 Å². The summed E-state index contributed by atoms with van der Waals surface area (Å²) >= 11 is 0. The van der Waals surface area contributed by atoms with Gasteiger partial charge in [-0.2, -0.15) is 0 Å². The summed E-state index contributed by atoms with van der Waals surface area (Å²) in [5.74, 6) is -1.21. The monoisotopic (exact) mass is 280 g/mol. The quantitative estimate of drug-likeness (QED) is 0.841. The Morgan fingerprint density at radius 3 is 2.75 bits per heavy atom. The average Bonchev–Trinajstić information content (AvgIpc) is 2.90. The normalized spacial score (nSPS) is 17.1. The second-order valence-electron chi connectivity index (χ2n) is 5.49. The zero-order chi connectivity index (χ0) is 14.5. The molecule has 1 aliphatic heterocycles. The fourth-order valence-electron chi connectivity index (χ4n) is 2.55. The van der Waals surface area contributed by atoms with Crippen LogP contribution in [0.3, 0.4) is 0 Å². The van der Waals surface area contributed by atoms with Gasteiger partial charge in [0.1, 0.15) is 5.82 Å². The molecule has 1 heterocycles. The van der Waals surface area contributed by atoms with E-state index in [0.717, 1.165) is 25.7 Å². The summed E-state index contributed by atoms with van der Waals surface area (Å²) < 4.78 is 13.7. The number of aromatic carboxylic acids is 1. The molecule has 5 heteroatoms. The first-order valence-electron chi connectivity index (χ1n) is 7.05. The summed E-state index contributed by atoms with van der Waals surface area (Å²) in [4.78, 5) is 13.2. The van der Waals surface area contributed by atoms with Crippen LogP contribution < -0.4 is 5.32 Å². The summed E-state index contributed by atoms with van der Waals surface area (Å²) in [6, 6.07) is 3.95. The number of likely N-dealkylation sites (tertiary alicyclic amines) is 1. The maximum Gasteiger partial charge on any atom is 0.335 e. The number of anilines is 1. The van der Waals surface area contributed by atoms with Gasteiger partial charge in [-0.3, -0.25) is 0 Å². The zero-order valence-electron chi connectivity index (χ0n) is 11.7. The Bertz CT molecular complexity index is 473. The van der Waals surface area contributed by atoms with Gasteiger partial charge >= 0.3 is 5.97 Å². The number of hydrogen-bond acceptors (Lipinski definition) is 3. The Labute approximate surface area is 118 Å². The minimum absolute atomic E-state index is 0.0295. The van der Waals surface area contributed by atoms with Crippen molar-refractivity contribution in [1.82, 2.24) is 4.90 Å². The lowest BCUT2D eigenvalue weighted by atomic mass is 10.1. The molecular formula is C15H21FN2O2. The summed E-state index contributed by atoms with van der Waals surface area (Å²) in [5, 5.41) is 11.8. The highest BCUT2D eigenvalue weighted by Gasteiger charge is 2.15. The number of nitrogens with one attached hydrogen (secondary N) is 1. The van der Waals surface area contributed by atoms with Gasteiger partial charge in [0.05, 0.1) is 11.3 Å². The minimum Gasteiger partial charge on any atom is -0.478 e. The van der Waals surface area contributed by atoms with Crippen LogP contribution in [0, 0.1) is 11.7 Å². The molecule has 2 N–H and O–H groups in total. The predicted molar refractivity (Wildman–Crippen MR) is 76.7 cm³/mol. The van der Waals surface area contributed by atoms with Crippen molar-refractivity contribution in [2.75, 3.05) is 31.5 Å². The fraction of sp³-hybridized carbons (Fsp3) is 0.533. The van der Waals surface area contributed by atoms with Gasteiger partial charge in [-0.25, -0.2) is 9.18 Å². The van der Waals surface area contributed by atoms with Crippen molar-refractivity contribution in [1.29, 1.82) is 0 Å². The molecule has 0 bridgehead atoms. The van der Waals surface area contributed by atoms with Gasteiger partial charge in [0.25, 0.3) is 0 Å². The predicted octanol–water partition coefficient (Wildman–Crippen LogP) is 2.67. The molecule has 1 fully saturated rings. The Morgan fingerprint density at radius 1 is 1.45 bits per heavy atom. The average molecular weight is 280 g/mol. The summed E-state index contributed by atoms with van der Waals surface area (Å²) in [6.07, 6.45) is 2.54. The molecular weight excluding hydrogens is 259 g/mol. The Kier molecular flexibility index (Phi) is 4.95. The summed E-state index contributed by atoms with van der Waals surface area (Å²) in [5.41, 5.74) is 0.335. The van der Waals surface area contributed by atoms with Gasteiger partial charge in [0.15, 0.2) is 0 Å². The van der Waals surface area contributed by atoms with Crippen molar-refractivity contribution in [3.05, 3.63) is 29.6 Å². The van der Waals surface area contributed by atoms with Crippen LogP contribution in [0.25, 0.3) is 0 Å². The van der Waals surface area contributed by atoms with Crippen LogP contribution in [-0.4, -0.2) is 42.2 Å². The molecule has 1 atom stereocenters. The molecule has 2 rings (SSSR count). The van der Waals surface area contributed by atoms with Gasteiger partial charge in [-0.05, 0) is 50.0 Å². The van der Waals surface area contributed by atoms with Crippen LogP contribution in [-0.2, 0) is 0 Å². The number of rotatable bonds is 6. The van der Waals surface area contributed by atoms with Crippen molar-refractivity contribution in [2.24, 2.45) is 5.92 Å². The maximum absolute atomic E-state index is 13.7. The van der Waals surface area contributed by atoms with Crippen LogP contribution in [0.4, 0.5) is 10.1 Å². The van der Waals surface area contributed by atoms with E-state index < -0.39 is 11.8 Å². The van der Waals surface area contributed by atoms with E-state index in [1.54, 1.807) is 0 Å². The third-order valence-corrected chi connectivity index (χ3v) is 3.63. The molecule has 110 valence electrons. The summed E-state index contributed by atoms with van der Waals surface area (Å²) in [7, 11) is 0. The first kappa shape index (κ1) is 14.8. The van der Waals surface area contributed by atoms with E-state index in [2.05, 4.69) is 17.1 Å². The van der Waals surface area contributed by atoms with E-state index in [4.69, 9.17) is 5.11 Å². The molecule has 0 aromatic heterocycles. The molecule has 0 amide bonds. The van der Waals surface area contributed by atoms with E-state index in [-0.39, 0.29) is 5.56 Å². The highest BCUT2D eigenvalue weighted by atomic mass is 19.1. The molecule has 0 saturated carbocycles. The first-order valence-corrected chi connectivity index (χ1v) is 7.05. The Balaban J connectivity index is 1.85. The number of carboxylic acids is 1. The Hall–Kier alpha value is -1.62. The highest BCUT2D eigenvalue weighted by Crippen LogP contribution is 2.17. The van der Waals surface area contributed by atoms with E-state index >= 15 is 0 Å². The van der Waals surface area contributed by atoms with Crippen molar-refractivity contribution in [3.63, 3.8) is 0 Å². The van der Waals surface area contributed by atoms with Crippen LogP contribution in [0.1, 0.15) is 30.1 Å². The van der Waals surface area contributed by atoms with E-state index in [9.17, 15) is 9.18 Å². The van der Waals surface area contributed by atoms with E-state index in [1.165, 1.54) is 25.0 Å². The molecule has 1 aliphatic rings. The van der Waals surface area contributed by atoms with Crippen LogP contribution in [0.15, 0.2) is 18.2 Å². The molecule has 20 heavy (non-hydrogen) atoms. The number of carbonyl (C=O) groups is 1. The molecule has 0 spiro atoms. The van der Waals surface area contributed by atoms with Crippen molar-refractivity contribution in [2.45, 2.75) is 19.8 Å². The van der Waals surface area contributed by atoms with E-state index in [1.807, 2.05) is 0 Å². The molecule has 0 radical (unpaired) electrons. The van der Waals surface area contributed by atoms with Crippen LogP contribution in [0.2, 0.25) is 0 Å². The van der Waals surface area contributed by atoms with Crippen molar-refractivity contribution < 1.29 is 14.3 Å². The largest absolute Gasteiger partial charge is 0.478 e. The van der Waals surface area contributed by atoms with Crippen LogP contribution >= 0.6 is 0 Å². The van der Waals surface area contributed by atoms with Crippen LogP contribution in [0.5, 0.6) is 0 Å². The van der Waals surface area contributed by atoms with Crippen molar-refractivity contribution >= 4 is 11.7 Å². The molecule has 0 aliphatic carbocycles. The lowest BCUT2D eigenvalue weighted by Crippen LogP contribution is -2.29. The lowest BCUT2D eigenvalue weighted by molar-refractivity contribution is 0.0696. The summed E-state index contributed by atoms with van der Waals surface area (Å²) in [6.45, 7) is 6.15. The number of hydrogen-bond donors (Lipinski definition) is 2. The molecule has 4 nitrogen and oxygen atoms in total. The van der Waals surface area contributed by atoms with Gasteiger partial charge < -0.3 is 15.3 Å². The standard InChI is InChI=1S/C15H21FN2O2/c1-11(10-18-6-2-3-7-18)9-17-14-5-4-12(15(19)20)8-13(14)16/h4-5,8,11,17H,2-3,6-7,9-10H2,1H3,(H,19,20). The molecule has 1 unspecified atom stereocenters. The molecule has 1 aromatic carbocycles. The molecule has 1 aromatic rings. The number of benzene rings is 1. The second kappa shape index (κ2) is 6.70. The topological polar surface area (TPSA) is 52.6 Å². The first-order chi connectivity index (χ1) is 9.56. The third kappa shape index (κ3) is 3.93. The van der Waals surface area contributed by atoms with Crippen molar-refractivity contribution in [3.8, 4) is 0 Å². The number of nitrogens with zero attached hydrogens (tertiary/aromatic N) is 1. The van der Waals surface area contributed by atoms with Gasteiger partial charge in [0.2, 0.25) is 0 Å². The minimum atomic E-state index is -1.11. The second-order valence-corrected chi connectivity index (χ2v) is 5.49. The highest BCUT2D eigenvalue weighted by molar-refractivity contribution is 5.88. The molecule has 1 saturated heterocycles. The lowest BCUT2D eigenvalue weighted by Gasteiger charge is -2.21. The zero-order valence-corrected chi connectivity index (χ0v) is 11.7. The van der Waals surface area contributed by atoms with Gasteiger partial charge in [-0.1, -0.05) is 6.92 Å². The number of carboxylic acid groups (broad SMARTS) is 1. The van der Waals surface area contributed by atoms with E-state index in [0.29, 0.717) is 18.2 Å². The smallest absolute Gasteiger partial charge is 0.335 e. The third-order valence-electron chi connectivity index (χ3n) is 3.63. The maximum atomic E-state index is 13.7. The SMILES string of the molecule is CC(CNc1ccc(C(=O)O)cc1F)CN1CCCC1. The Morgan fingerprint density at radius 2 is 2.15 bits per heavy atom.